The summed E-state index contributed by atoms with van der Waals surface area (Å²) in [6.07, 6.45) is 0. The Bertz CT molecular complexity index is 1210. The molecule has 11 heteroatoms. The molecule has 1 saturated heterocycles. The minimum absolute atomic E-state index is 0.172. The van der Waals surface area contributed by atoms with Crippen molar-refractivity contribution in [2.75, 3.05) is 26.2 Å². The molecule has 0 bridgehead atoms. The Morgan fingerprint density at radius 2 is 1.71 bits per heavy atom. The predicted molar refractivity (Wildman–Crippen MR) is 105 cm³/mol. The fraction of sp³-hybridized carbons (Fsp3) is 0.300. The average molecular weight is 452 g/mol. The van der Waals surface area contributed by atoms with Crippen molar-refractivity contribution in [3.63, 3.8) is 0 Å². The average Bonchev–Trinajstić information content (AvgIpc) is 3.21. The number of nitrogens with zero attached hydrogens (tertiary/aromatic N) is 4. The van der Waals surface area contributed by atoms with Crippen molar-refractivity contribution in [3.8, 4) is 11.4 Å². The van der Waals surface area contributed by atoms with Crippen LogP contribution in [0.5, 0.6) is 0 Å². The molecule has 1 fully saturated rings. The van der Waals surface area contributed by atoms with Gasteiger partial charge in [0.25, 0.3) is 0 Å². The van der Waals surface area contributed by atoms with Crippen LogP contribution < -0.4 is 0 Å². The number of aromatic nitrogens is 2. The molecular weight excluding hydrogens is 433 g/mol. The Balaban J connectivity index is 1.39. The van der Waals surface area contributed by atoms with Crippen molar-refractivity contribution in [2.24, 2.45) is 0 Å². The molecule has 7 nitrogen and oxygen atoms in total. The summed E-state index contributed by atoms with van der Waals surface area (Å²) in [6, 6.07) is 7.21. The Hall–Kier alpha value is -2.76. The summed E-state index contributed by atoms with van der Waals surface area (Å²) in [4.78, 5) is 5.93. The topological polar surface area (TPSA) is 79.5 Å². The van der Waals surface area contributed by atoms with Crippen molar-refractivity contribution in [2.45, 2.75) is 18.4 Å². The highest BCUT2D eigenvalue weighted by Crippen LogP contribution is 2.22. The maximum absolute atomic E-state index is 13.8. The lowest BCUT2D eigenvalue weighted by Gasteiger charge is -2.33. The SMILES string of the molecule is Cc1ccc(-c2noc(CN3CCN(S(=O)(=O)c4ccc(F)c(F)c4)CC3)n2)cc1F. The molecule has 0 spiro atoms. The summed E-state index contributed by atoms with van der Waals surface area (Å²) in [6.45, 7) is 3.09. The van der Waals surface area contributed by atoms with Crippen LogP contribution >= 0.6 is 0 Å². The van der Waals surface area contributed by atoms with Crippen LogP contribution in [-0.2, 0) is 16.6 Å². The van der Waals surface area contributed by atoms with E-state index in [-0.39, 0.29) is 29.6 Å². The number of sulfonamides is 1. The van der Waals surface area contributed by atoms with Crippen LogP contribution in [0.2, 0.25) is 0 Å². The maximum Gasteiger partial charge on any atom is 0.243 e. The molecule has 4 rings (SSSR count). The van der Waals surface area contributed by atoms with E-state index in [1.807, 2.05) is 4.90 Å². The quantitative estimate of drug-likeness (QED) is 0.592. The van der Waals surface area contributed by atoms with Gasteiger partial charge in [0.2, 0.25) is 21.7 Å². The number of hydrogen-bond donors (Lipinski definition) is 0. The summed E-state index contributed by atoms with van der Waals surface area (Å²) in [5.74, 6) is -2.07. The third-order valence-corrected chi connectivity index (χ3v) is 7.01. The fourth-order valence-corrected chi connectivity index (χ4v) is 4.71. The van der Waals surface area contributed by atoms with E-state index >= 15 is 0 Å². The molecule has 1 aliphatic rings. The van der Waals surface area contributed by atoms with E-state index in [1.165, 1.54) is 10.4 Å². The van der Waals surface area contributed by atoms with Crippen LogP contribution in [0.3, 0.4) is 0 Å². The Labute approximate surface area is 177 Å². The monoisotopic (exact) mass is 452 g/mol. The van der Waals surface area contributed by atoms with E-state index in [9.17, 15) is 21.6 Å². The van der Waals surface area contributed by atoms with Gasteiger partial charge in [0.15, 0.2) is 11.6 Å². The Morgan fingerprint density at radius 1 is 0.968 bits per heavy atom. The van der Waals surface area contributed by atoms with Crippen molar-refractivity contribution < 1.29 is 26.1 Å². The molecule has 2 heterocycles. The van der Waals surface area contributed by atoms with Gasteiger partial charge >= 0.3 is 0 Å². The van der Waals surface area contributed by atoms with Crippen molar-refractivity contribution in [1.29, 1.82) is 0 Å². The van der Waals surface area contributed by atoms with Gasteiger partial charge in [-0.05, 0) is 36.8 Å². The first-order valence-electron chi connectivity index (χ1n) is 9.51. The highest BCUT2D eigenvalue weighted by molar-refractivity contribution is 7.89. The van der Waals surface area contributed by atoms with Crippen LogP contribution in [-0.4, -0.2) is 53.9 Å². The zero-order valence-corrected chi connectivity index (χ0v) is 17.4. The largest absolute Gasteiger partial charge is 0.338 e. The third kappa shape index (κ3) is 4.48. The van der Waals surface area contributed by atoms with E-state index in [2.05, 4.69) is 10.1 Å². The number of benzene rings is 2. The molecule has 3 aromatic rings. The van der Waals surface area contributed by atoms with Gasteiger partial charge in [-0.2, -0.15) is 9.29 Å². The normalized spacial score (nSPS) is 16.0. The number of hydrogen-bond acceptors (Lipinski definition) is 6. The summed E-state index contributed by atoms with van der Waals surface area (Å²) >= 11 is 0. The number of piperazine rings is 1. The molecule has 164 valence electrons. The predicted octanol–water partition coefficient (Wildman–Crippen LogP) is 2.97. The number of aryl methyl sites for hydroxylation is 1. The molecule has 0 unspecified atom stereocenters. The van der Waals surface area contributed by atoms with Gasteiger partial charge in [-0.25, -0.2) is 21.6 Å². The fourth-order valence-electron chi connectivity index (χ4n) is 3.27. The zero-order chi connectivity index (χ0) is 22.2. The van der Waals surface area contributed by atoms with Crippen LogP contribution in [0, 0.1) is 24.4 Å². The molecule has 0 amide bonds. The van der Waals surface area contributed by atoms with Crippen LogP contribution in [0.15, 0.2) is 45.8 Å². The second-order valence-corrected chi connectivity index (χ2v) is 9.17. The van der Waals surface area contributed by atoms with E-state index < -0.39 is 21.7 Å². The standard InChI is InChI=1S/C20H19F3N4O3S/c1-13-2-3-14(10-17(13)22)20-24-19(30-25-20)12-26-6-8-27(9-7-26)31(28,29)15-4-5-16(21)18(23)11-15/h2-5,10-11H,6-9,12H2,1H3. The van der Waals surface area contributed by atoms with Gasteiger partial charge in [0, 0.05) is 31.7 Å². The zero-order valence-electron chi connectivity index (χ0n) is 16.6. The van der Waals surface area contributed by atoms with Gasteiger partial charge < -0.3 is 4.52 Å². The van der Waals surface area contributed by atoms with Crippen LogP contribution in [0.4, 0.5) is 13.2 Å². The first kappa shape index (κ1) is 21.5. The third-order valence-electron chi connectivity index (χ3n) is 5.12. The summed E-state index contributed by atoms with van der Waals surface area (Å²) in [5.41, 5.74) is 1.02. The maximum atomic E-state index is 13.8. The van der Waals surface area contributed by atoms with Gasteiger partial charge in [-0.1, -0.05) is 17.3 Å². The molecule has 0 saturated carbocycles. The van der Waals surface area contributed by atoms with E-state index in [0.717, 1.165) is 12.1 Å². The molecule has 0 N–H and O–H groups in total. The minimum atomic E-state index is -3.92. The molecule has 31 heavy (non-hydrogen) atoms. The first-order valence-corrected chi connectivity index (χ1v) is 10.9. The second kappa shape index (κ2) is 8.40. The Morgan fingerprint density at radius 3 is 2.39 bits per heavy atom. The summed E-state index contributed by atoms with van der Waals surface area (Å²) in [5, 5.41) is 3.88. The smallest absolute Gasteiger partial charge is 0.243 e. The van der Waals surface area contributed by atoms with E-state index in [1.54, 1.807) is 19.1 Å². The highest BCUT2D eigenvalue weighted by Gasteiger charge is 2.29. The van der Waals surface area contributed by atoms with Gasteiger partial charge in [-0.15, -0.1) is 0 Å². The van der Waals surface area contributed by atoms with Gasteiger partial charge in [0.05, 0.1) is 11.4 Å². The number of rotatable bonds is 5. The first-order chi connectivity index (χ1) is 14.7. The molecule has 0 aliphatic carbocycles. The van der Waals surface area contributed by atoms with E-state index in [0.29, 0.717) is 42.7 Å². The van der Waals surface area contributed by atoms with E-state index in [4.69, 9.17) is 4.52 Å². The molecule has 1 aliphatic heterocycles. The van der Waals surface area contributed by atoms with Crippen molar-refractivity contribution in [3.05, 3.63) is 65.3 Å². The minimum Gasteiger partial charge on any atom is -0.338 e. The lowest BCUT2D eigenvalue weighted by molar-refractivity contribution is 0.163. The Kier molecular flexibility index (Phi) is 5.82. The molecule has 0 atom stereocenters. The molecule has 1 aromatic heterocycles. The lowest BCUT2D eigenvalue weighted by atomic mass is 10.1. The molecule has 0 radical (unpaired) electrons. The lowest BCUT2D eigenvalue weighted by Crippen LogP contribution is -2.48. The summed E-state index contributed by atoms with van der Waals surface area (Å²) in [7, 11) is -3.92. The summed E-state index contributed by atoms with van der Waals surface area (Å²) < 4.78 is 72.1. The van der Waals surface area contributed by atoms with Gasteiger partial charge in [0.1, 0.15) is 5.82 Å². The van der Waals surface area contributed by atoms with Crippen molar-refractivity contribution >= 4 is 10.0 Å². The second-order valence-electron chi connectivity index (χ2n) is 7.23. The van der Waals surface area contributed by atoms with Crippen molar-refractivity contribution in [1.82, 2.24) is 19.3 Å². The molecule has 2 aromatic carbocycles. The van der Waals surface area contributed by atoms with Crippen LogP contribution in [0.1, 0.15) is 11.5 Å². The number of halogens is 3. The molecular formula is C20H19F3N4O3S. The highest BCUT2D eigenvalue weighted by atomic mass is 32.2. The van der Waals surface area contributed by atoms with Crippen LogP contribution in [0.25, 0.3) is 11.4 Å². The van der Waals surface area contributed by atoms with Gasteiger partial charge in [-0.3, -0.25) is 4.90 Å².